The van der Waals surface area contributed by atoms with E-state index in [-0.39, 0.29) is 24.2 Å². The fourth-order valence-corrected chi connectivity index (χ4v) is 5.26. The third-order valence-electron chi connectivity index (χ3n) is 7.48. The van der Waals surface area contributed by atoms with E-state index in [1.54, 1.807) is 25.3 Å². The molecular weight excluding hydrogens is 526 g/mol. The van der Waals surface area contributed by atoms with Gasteiger partial charge < -0.3 is 24.0 Å². The van der Waals surface area contributed by atoms with Crippen LogP contribution in [0.25, 0.3) is 22.2 Å². The molecule has 210 valence electrons. The summed E-state index contributed by atoms with van der Waals surface area (Å²) < 4.78 is 7.19. The smallest absolute Gasteiger partial charge is 0.256 e. The minimum atomic E-state index is -0.0824. The Labute approximate surface area is 241 Å². The third kappa shape index (κ3) is 5.69. The van der Waals surface area contributed by atoms with Gasteiger partial charge in [-0.15, -0.1) is 12.4 Å². The molecule has 2 aromatic heterocycles. The molecule has 0 spiro atoms. The van der Waals surface area contributed by atoms with Gasteiger partial charge >= 0.3 is 0 Å². The van der Waals surface area contributed by atoms with Crippen LogP contribution in [0.2, 0.25) is 0 Å². The summed E-state index contributed by atoms with van der Waals surface area (Å²) in [5.41, 5.74) is 5.46. The molecule has 0 bridgehead atoms. The number of aryl methyl sites for hydroxylation is 2. The maximum Gasteiger partial charge on any atom is 0.256 e. The first-order valence-electron chi connectivity index (χ1n) is 13.3. The van der Waals surface area contributed by atoms with E-state index in [0.717, 1.165) is 39.1 Å². The van der Waals surface area contributed by atoms with Gasteiger partial charge in [-0.05, 0) is 36.8 Å². The highest BCUT2D eigenvalue weighted by molar-refractivity contribution is 6.13. The van der Waals surface area contributed by atoms with E-state index in [2.05, 4.69) is 51.7 Å². The number of carbonyl (C=O) groups excluding carboxylic acids is 2. The maximum atomic E-state index is 14.1. The molecule has 3 heterocycles. The Bertz CT molecular complexity index is 1480. The molecular formula is C31H36ClN5O3. The average molecular weight is 562 g/mol. The lowest BCUT2D eigenvalue weighted by atomic mass is 10.0. The molecule has 0 aliphatic carbocycles. The number of nitrogens with zero attached hydrogens (tertiary/aromatic N) is 5. The number of hydrogen-bond acceptors (Lipinski definition) is 5. The van der Waals surface area contributed by atoms with Crippen molar-refractivity contribution < 1.29 is 14.3 Å². The zero-order valence-electron chi connectivity index (χ0n) is 23.5. The molecule has 4 aromatic rings. The summed E-state index contributed by atoms with van der Waals surface area (Å²) in [6.45, 7) is 5.60. The second-order valence-corrected chi connectivity index (χ2v) is 10.1. The summed E-state index contributed by atoms with van der Waals surface area (Å²) in [6, 6.07) is 20.1. The molecule has 0 radical (unpaired) electrons. The summed E-state index contributed by atoms with van der Waals surface area (Å²) in [5.74, 6) is 0.780. The number of likely N-dealkylation sites (N-methyl/N-ethyl adjacent to an activating group) is 1. The summed E-state index contributed by atoms with van der Waals surface area (Å²) in [7, 11) is 5.41. The fraction of sp³-hybridized carbons (Fsp3) is 0.323. The van der Waals surface area contributed by atoms with Crippen molar-refractivity contribution in [1.29, 1.82) is 0 Å². The Hall–Kier alpha value is -3.88. The Kier molecular flexibility index (Phi) is 9.12. The van der Waals surface area contributed by atoms with Crippen LogP contribution >= 0.6 is 12.4 Å². The van der Waals surface area contributed by atoms with Gasteiger partial charge in [-0.2, -0.15) is 0 Å². The molecule has 0 N–H and O–H groups in total. The molecule has 1 saturated heterocycles. The van der Waals surface area contributed by atoms with Crippen LogP contribution in [0.15, 0.2) is 66.9 Å². The van der Waals surface area contributed by atoms with Crippen LogP contribution in [0.5, 0.6) is 0 Å². The fourth-order valence-electron chi connectivity index (χ4n) is 5.26. The van der Waals surface area contributed by atoms with Gasteiger partial charge in [0.1, 0.15) is 5.82 Å². The van der Waals surface area contributed by atoms with Crippen LogP contribution in [0.1, 0.15) is 26.3 Å². The summed E-state index contributed by atoms with van der Waals surface area (Å²) in [6.07, 6.45) is 1.63. The molecule has 5 rings (SSSR count). The van der Waals surface area contributed by atoms with Crippen LogP contribution in [-0.4, -0.2) is 84.7 Å². The number of anilines is 1. The number of benzene rings is 2. The van der Waals surface area contributed by atoms with E-state index in [1.165, 1.54) is 0 Å². The summed E-state index contributed by atoms with van der Waals surface area (Å²) >= 11 is 0. The topological polar surface area (TPSA) is 70.9 Å². The molecule has 0 unspecified atom stereocenters. The third-order valence-corrected chi connectivity index (χ3v) is 7.48. The first-order chi connectivity index (χ1) is 18.9. The minimum absolute atomic E-state index is 0. The predicted molar refractivity (Wildman–Crippen MR) is 162 cm³/mol. The number of carbonyl (C=O) groups is 2. The van der Waals surface area contributed by atoms with Crippen LogP contribution < -0.4 is 4.90 Å². The van der Waals surface area contributed by atoms with Gasteiger partial charge in [0.15, 0.2) is 0 Å². The number of piperazine rings is 1. The number of rotatable bonds is 7. The van der Waals surface area contributed by atoms with E-state index in [1.807, 2.05) is 42.3 Å². The van der Waals surface area contributed by atoms with Crippen LogP contribution in [0.4, 0.5) is 5.82 Å². The Balaban J connectivity index is 0.00000370. The molecule has 1 aliphatic heterocycles. The largest absolute Gasteiger partial charge is 0.383 e. The minimum Gasteiger partial charge on any atom is -0.383 e. The Morgan fingerprint density at radius 2 is 1.73 bits per heavy atom. The Morgan fingerprint density at radius 3 is 2.38 bits per heavy atom. The van der Waals surface area contributed by atoms with Crippen molar-refractivity contribution in [3.05, 3.63) is 83.6 Å². The zero-order chi connectivity index (χ0) is 27.5. The van der Waals surface area contributed by atoms with Gasteiger partial charge in [0.05, 0.1) is 23.4 Å². The number of aromatic nitrogens is 2. The van der Waals surface area contributed by atoms with Crippen molar-refractivity contribution in [1.82, 2.24) is 19.4 Å². The van der Waals surface area contributed by atoms with Crippen molar-refractivity contribution in [2.24, 2.45) is 7.05 Å². The second kappa shape index (κ2) is 12.5. The molecule has 1 aliphatic rings. The Morgan fingerprint density at radius 1 is 1.00 bits per heavy atom. The van der Waals surface area contributed by atoms with Gasteiger partial charge in [0, 0.05) is 71.0 Å². The number of fused-ring (bicyclic) bond motifs is 1. The number of halogens is 1. The predicted octanol–water partition coefficient (Wildman–Crippen LogP) is 4.65. The average Bonchev–Trinajstić information content (AvgIpc) is 3.26. The van der Waals surface area contributed by atoms with Crippen molar-refractivity contribution in [2.45, 2.75) is 6.92 Å². The maximum absolute atomic E-state index is 14.1. The molecule has 0 saturated carbocycles. The van der Waals surface area contributed by atoms with Crippen molar-refractivity contribution >= 4 is 40.9 Å². The highest BCUT2D eigenvalue weighted by atomic mass is 35.5. The lowest BCUT2D eigenvalue weighted by Crippen LogP contribution is -2.49. The highest BCUT2D eigenvalue weighted by Gasteiger charge is 2.29. The molecule has 8 nitrogen and oxygen atoms in total. The van der Waals surface area contributed by atoms with E-state index in [0.29, 0.717) is 44.9 Å². The van der Waals surface area contributed by atoms with Crippen LogP contribution in [-0.2, 0) is 11.8 Å². The quantitative estimate of drug-likeness (QED) is 0.328. The van der Waals surface area contributed by atoms with E-state index in [4.69, 9.17) is 4.74 Å². The van der Waals surface area contributed by atoms with Crippen LogP contribution in [0.3, 0.4) is 0 Å². The monoisotopic (exact) mass is 561 g/mol. The number of amides is 2. The standard InChI is InChI=1S/C31H35N5O3.ClH/c1-22-10-12-26-25(20-22)28(29(34(26)3)23-8-6-5-7-9-23)31(38)36-16-14-35(15-17-36)27-13-11-24(21-32-27)30(37)33(2)18-19-39-4;/h5-13,20-21H,14-19H2,1-4H3;1H. The molecule has 1 fully saturated rings. The SMILES string of the molecule is COCCN(C)C(=O)c1ccc(N2CCN(C(=O)c3c(-c4ccccc4)n(C)c4ccc(C)cc34)CC2)nc1.Cl. The number of methoxy groups -OCH3 is 1. The van der Waals surface area contributed by atoms with Crippen molar-refractivity contribution in [2.75, 3.05) is 58.4 Å². The lowest BCUT2D eigenvalue weighted by molar-refractivity contribution is 0.0738. The van der Waals surface area contributed by atoms with Crippen molar-refractivity contribution in [3.63, 3.8) is 0 Å². The number of ether oxygens (including phenoxy) is 1. The lowest BCUT2D eigenvalue weighted by Gasteiger charge is -2.35. The molecule has 0 atom stereocenters. The van der Waals surface area contributed by atoms with Gasteiger partial charge in [-0.3, -0.25) is 9.59 Å². The normalized spacial score (nSPS) is 13.3. The van der Waals surface area contributed by atoms with Gasteiger partial charge in [-0.25, -0.2) is 4.98 Å². The van der Waals surface area contributed by atoms with Crippen molar-refractivity contribution in [3.8, 4) is 11.3 Å². The summed E-state index contributed by atoms with van der Waals surface area (Å²) in [5, 5.41) is 0.987. The van der Waals surface area contributed by atoms with Gasteiger partial charge in [0.2, 0.25) is 0 Å². The number of hydrogen-bond donors (Lipinski definition) is 0. The van der Waals surface area contributed by atoms with Gasteiger partial charge in [-0.1, -0.05) is 42.0 Å². The van der Waals surface area contributed by atoms with E-state index in [9.17, 15) is 9.59 Å². The van der Waals surface area contributed by atoms with Gasteiger partial charge in [0.25, 0.3) is 11.8 Å². The van der Waals surface area contributed by atoms with Crippen LogP contribution in [0, 0.1) is 6.92 Å². The molecule has 2 aromatic carbocycles. The summed E-state index contributed by atoms with van der Waals surface area (Å²) in [4.78, 5) is 37.0. The first kappa shape index (κ1) is 29.1. The molecule has 9 heteroatoms. The zero-order valence-corrected chi connectivity index (χ0v) is 24.3. The highest BCUT2D eigenvalue weighted by Crippen LogP contribution is 2.35. The van der Waals surface area contributed by atoms with E-state index >= 15 is 0 Å². The second-order valence-electron chi connectivity index (χ2n) is 10.1. The van der Waals surface area contributed by atoms with E-state index < -0.39 is 0 Å². The molecule has 40 heavy (non-hydrogen) atoms. The molecule has 2 amide bonds. The number of pyridine rings is 1. The first-order valence-corrected chi connectivity index (χ1v) is 13.3.